The zero-order valence-electron chi connectivity index (χ0n) is 49.1. The molecule has 3 aliphatic rings. The number of phenolic OH excluding ortho intramolecular Hbond substituents is 1. The number of phenols is 1. The van der Waals surface area contributed by atoms with Gasteiger partial charge in [0, 0.05) is 55.1 Å². The van der Waals surface area contributed by atoms with E-state index in [4.69, 9.17) is 24.3 Å². The Morgan fingerprint density at radius 2 is 1.37 bits per heavy atom. The molecule has 1 aromatic heterocycles. The van der Waals surface area contributed by atoms with Crippen molar-refractivity contribution in [1.29, 1.82) is 0 Å². The molecule has 3 saturated heterocycles. The van der Waals surface area contributed by atoms with Crippen molar-refractivity contribution in [2.24, 2.45) is 11.7 Å². The molecule has 0 radical (unpaired) electrons. The molecule has 0 aliphatic carbocycles. The van der Waals surface area contributed by atoms with Crippen LogP contribution in [0.3, 0.4) is 0 Å². The standard InChI is InChI=1S/C59H68N10O22S/c1-4-19-87-37-16-13-30(14-17-37)29-5-9-32(10-6-29)56-66-67-57(88-56)33-11-7-31(8-12-33)51(79)62-38-21-35(71)24-61-55(83)47-48(76)27(2)25-69(47)59(85)45(41(74)23-43(60)75)64-54(82)46(50(78)49(77)34-15-18-40(73)42(20-34)89-92-91-90-86)65-53(81)39-22-36(72)26-68(39)58(84)44(28(3)70)63-52(38)80/h4-18,20,27-28,35-36,38-39,41,44-50,70-74,76-78,86H,1,19,21-26H2,2-3H3,(H2,60,75)(H,61,83)(H,62,79)(H,63,80)(H,64,82)(H,65,81)/t27?,28?,35?,36?,38-,39?,41?,44?,45?,46?,47?,48?,49?,50?/m0/s1. The molecular weight excluding hydrogens is 1230 g/mol. The monoisotopic (exact) mass is 1300 g/mol. The van der Waals surface area contributed by atoms with Gasteiger partial charge in [0.05, 0.1) is 36.9 Å². The lowest BCUT2D eigenvalue weighted by atomic mass is 9.96. The smallest absolute Gasteiger partial charge is 0.261 e. The van der Waals surface area contributed by atoms with Crippen LogP contribution in [0.15, 0.2) is 108 Å². The Hall–Kier alpha value is -9.13. The highest BCUT2D eigenvalue weighted by atomic mass is 32.2. The predicted octanol–water partition coefficient (Wildman–Crippen LogP) is -1.98. The minimum absolute atomic E-state index is 0.0282. The molecule has 14 atom stereocenters. The van der Waals surface area contributed by atoms with Gasteiger partial charge in [-0.3, -0.25) is 38.4 Å². The van der Waals surface area contributed by atoms with Gasteiger partial charge in [0.25, 0.3) is 18.2 Å². The molecule has 492 valence electrons. The maximum absolute atomic E-state index is 14.7. The molecule has 4 heterocycles. The second kappa shape index (κ2) is 30.8. The molecule has 0 spiro atoms. The van der Waals surface area contributed by atoms with Crippen molar-refractivity contribution in [2.45, 2.75) is 112 Å². The van der Waals surface area contributed by atoms with Crippen molar-refractivity contribution >= 4 is 59.6 Å². The summed E-state index contributed by atoms with van der Waals surface area (Å²) in [5.74, 6) is -11.1. The second-order valence-electron chi connectivity index (χ2n) is 22.0. The van der Waals surface area contributed by atoms with E-state index in [-0.39, 0.29) is 35.2 Å². The number of nitrogens with zero attached hydrogens (tertiary/aromatic N) is 4. The number of fused-ring (bicyclic) bond motifs is 2. The summed E-state index contributed by atoms with van der Waals surface area (Å²) in [6.07, 6.45) is -14.6. The van der Waals surface area contributed by atoms with Crippen molar-refractivity contribution in [3.05, 3.63) is 115 Å². The summed E-state index contributed by atoms with van der Waals surface area (Å²) < 4.78 is 20.7. The molecular formula is C59H68N10O22S. The molecule has 0 bridgehead atoms. The van der Waals surface area contributed by atoms with Crippen molar-refractivity contribution < 1.29 is 107 Å². The summed E-state index contributed by atoms with van der Waals surface area (Å²) in [6, 6.07) is 11.0. The summed E-state index contributed by atoms with van der Waals surface area (Å²) in [4.78, 5) is 115. The summed E-state index contributed by atoms with van der Waals surface area (Å²) in [7, 11) is 0. The summed E-state index contributed by atoms with van der Waals surface area (Å²) in [5.41, 5.74) is 7.78. The molecule has 3 fully saturated rings. The number of β-amino-alcohol motifs (C(OH)–C–C–N with tert-alkyl or cyclic N) is 1. The van der Waals surface area contributed by atoms with Crippen LogP contribution < -0.4 is 41.2 Å². The summed E-state index contributed by atoms with van der Waals surface area (Å²) in [6.45, 7) is 4.65. The molecule has 0 saturated carbocycles. The first kappa shape index (κ1) is 68.8. The number of ether oxygens (including phenoxy) is 1. The Kier molecular flexibility index (Phi) is 23.0. The number of carbonyl (C=O) groups excluding carboxylic acids is 8. The average molecular weight is 1300 g/mol. The summed E-state index contributed by atoms with van der Waals surface area (Å²) in [5, 5.41) is 122. The number of aliphatic hydroxyl groups excluding tert-OH is 7. The zero-order chi connectivity index (χ0) is 66.7. The highest BCUT2D eigenvalue weighted by Crippen LogP contribution is 2.35. The van der Waals surface area contributed by atoms with E-state index in [1.54, 1.807) is 18.2 Å². The molecule has 8 amide bonds. The molecule has 5 aromatic rings. The third kappa shape index (κ3) is 16.5. The van der Waals surface area contributed by atoms with Crippen LogP contribution in [0.2, 0.25) is 0 Å². The van der Waals surface area contributed by atoms with E-state index in [1.807, 2.05) is 36.4 Å². The Morgan fingerprint density at radius 3 is 1.99 bits per heavy atom. The molecule has 8 rings (SSSR count). The van der Waals surface area contributed by atoms with Gasteiger partial charge in [-0.15, -0.1) is 10.2 Å². The predicted molar refractivity (Wildman–Crippen MR) is 317 cm³/mol. The van der Waals surface area contributed by atoms with Crippen LogP contribution in [0.4, 0.5) is 0 Å². The number of nitrogens with two attached hydrogens (primary N) is 1. The minimum Gasteiger partial charge on any atom is -0.504 e. The number of aliphatic hydroxyl groups is 7. The largest absolute Gasteiger partial charge is 0.504 e. The molecule has 33 heteroatoms. The zero-order valence-corrected chi connectivity index (χ0v) is 49.9. The number of aromatic nitrogens is 2. The topological polar surface area (TPSA) is 487 Å². The van der Waals surface area contributed by atoms with Crippen molar-refractivity contribution in [3.8, 4) is 51.3 Å². The number of aromatic hydroxyl groups is 1. The van der Waals surface area contributed by atoms with Crippen molar-refractivity contribution in [3.63, 3.8) is 0 Å². The lowest BCUT2D eigenvalue weighted by Gasteiger charge is -2.34. The lowest BCUT2D eigenvalue weighted by Crippen LogP contribution is -2.64. The number of nitrogens with one attached hydrogen (secondary N) is 5. The Balaban J connectivity index is 1.08. The van der Waals surface area contributed by atoms with Gasteiger partial charge in [0.2, 0.25) is 53.1 Å². The van der Waals surface area contributed by atoms with Crippen LogP contribution in [0.1, 0.15) is 55.1 Å². The van der Waals surface area contributed by atoms with Crippen molar-refractivity contribution in [1.82, 2.24) is 46.6 Å². The molecule has 13 unspecified atom stereocenters. The van der Waals surface area contributed by atoms with Crippen LogP contribution in [-0.4, -0.2) is 212 Å². The van der Waals surface area contributed by atoms with E-state index in [9.17, 15) is 79.2 Å². The fourth-order valence-corrected chi connectivity index (χ4v) is 10.9. The van der Waals surface area contributed by atoms with Crippen LogP contribution in [0, 0.1) is 5.92 Å². The molecule has 32 nitrogen and oxygen atoms in total. The number of carbonyl (C=O) groups is 8. The maximum atomic E-state index is 14.7. The van der Waals surface area contributed by atoms with E-state index in [0.29, 0.717) is 28.4 Å². The number of primary amides is 1. The van der Waals surface area contributed by atoms with Gasteiger partial charge in [-0.25, -0.2) is 5.26 Å². The van der Waals surface area contributed by atoms with Crippen molar-refractivity contribution in [2.75, 3.05) is 26.2 Å². The van der Waals surface area contributed by atoms with Crippen LogP contribution in [0.5, 0.6) is 17.2 Å². The van der Waals surface area contributed by atoms with E-state index >= 15 is 0 Å². The van der Waals surface area contributed by atoms with Gasteiger partial charge in [-0.05, 0) is 84.3 Å². The fourth-order valence-electron chi connectivity index (χ4n) is 10.6. The first-order chi connectivity index (χ1) is 43.9. The highest BCUT2D eigenvalue weighted by Gasteiger charge is 2.50. The second-order valence-corrected chi connectivity index (χ2v) is 22.5. The number of hydrogen-bond donors (Lipinski definition) is 15. The van der Waals surface area contributed by atoms with E-state index < -0.39 is 183 Å². The maximum Gasteiger partial charge on any atom is 0.261 e. The van der Waals surface area contributed by atoms with Crippen LogP contribution >= 0.6 is 12.3 Å². The number of hydrogen-bond acceptors (Lipinski definition) is 25. The molecule has 4 aromatic carbocycles. The SMILES string of the molecule is C=CCOc1ccc(-c2ccc(-c3nnc(-c4ccc(C(=O)N[C@H]5CC(O)CNC(=O)C6C(O)C(C)CN6C(=O)C(C(O)CC(N)=O)NC(=O)C(C(O)C(O)c6ccc(O)c(OSOOO)c6)NC(=O)C6CC(O)CN6C(=O)C(C(C)O)NC5=O)cc4)o3)cc2)cc1. The fraction of sp³-hybridized carbons (Fsp3) is 0.390. The van der Waals surface area contributed by atoms with E-state index in [1.165, 1.54) is 31.2 Å². The van der Waals surface area contributed by atoms with Gasteiger partial charge in [-0.2, -0.15) is 0 Å². The lowest BCUT2D eigenvalue weighted by molar-refractivity contribution is -0.433. The first-order valence-corrected chi connectivity index (χ1v) is 29.2. The number of rotatable bonds is 19. The normalized spacial score (nSPS) is 24.9. The third-order valence-corrected chi connectivity index (χ3v) is 15.8. The quantitative estimate of drug-likeness (QED) is 0.0140. The Labute approximate surface area is 527 Å². The van der Waals surface area contributed by atoms with Crippen LogP contribution in [0.25, 0.3) is 34.0 Å². The molecule has 16 N–H and O–H groups in total. The van der Waals surface area contributed by atoms with Gasteiger partial charge in [0.15, 0.2) is 11.5 Å². The highest BCUT2D eigenvalue weighted by molar-refractivity contribution is 7.90. The molecule has 3 aliphatic heterocycles. The minimum atomic E-state index is -2.54. The first-order valence-electron chi connectivity index (χ1n) is 28.6. The number of benzene rings is 4. The Morgan fingerprint density at radius 1 is 0.772 bits per heavy atom. The van der Waals surface area contributed by atoms with Gasteiger partial charge in [0.1, 0.15) is 60.8 Å². The summed E-state index contributed by atoms with van der Waals surface area (Å²) >= 11 is -0.0282. The van der Waals surface area contributed by atoms with E-state index in [0.717, 1.165) is 41.1 Å². The van der Waals surface area contributed by atoms with Gasteiger partial charge >= 0.3 is 0 Å². The third-order valence-electron chi connectivity index (χ3n) is 15.4. The molecule has 92 heavy (non-hydrogen) atoms. The van der Waals surface area contributed by atoms with Gasteiger partial charge < -0.3 is 96.3 Å². The van der Waals surface area contributed by atoms with Crippen LogP contribution in [-0.2, 0) is 42.9 Å². The van der Waals surface area contributed by atoms with E-state index in [2.05, 4.69) is 52.7 Å². The number of amides is 8. The Bertz CT molecular complexity index is 3470. The average Bonchev–Trinajstić information content (AvgIpc) is 1.60. The van der Waals surface area contributed by atoms with Gasteiger partial charge in [-0.1, -0.05) is 59.3 Å².